The van der Waals surface area contributed by atoms with Crippen LogP contribution in [-0.2, 0) is 11.2 Å². The van der Waals surface area contributed by atoms with E-state index in [4.69, 9.17) is 9.47 Å². The average Bonchev–Trinajstić information content (AvgIpc) is 2.67. The summed E-state index contributed by atoms with van der Waals surface area (Å²) >= 11 is 0. The van der Waals surface area contributed by atoms with Crippen molar-refractivity contribution in [3.05, 3.63) is 53.6 Å². The minimum absolute atomic E-state index is 0.0506. The third kappa shape index (κ3) is 8.12. The summed E-state index contributed by atoms with van der Waals surface area (Å²) in [6.07, 6.45) is -0.111. The molecule has 0 aromatic heterocycles. The molecule has 0 saturated carbocycles. The van der Waals surface area contributed by atoms with Crippen molar-refractivity contribution in [3.8, 4) is 11.5 Å². The largest absolute Gasteiger partial charge is 0.493 e. The molecule has 0 saturated heterocycles. The normalized spacial score (nSPS) is 11.1. The van der Waals surface area contributed by atoms with Crippen LogP contribution in [0.25, 0.3) is 0 Å². The zero-order chi connectivity index (χ0) is 23.0. The molecule has 0 bridgehead atoms. The molecule has 9 heteroatoms. The SMILES string of the molecule is COc1cc(CCNC(=O)c2ccc(NC(=O)OC(C)(C)C)cc2)ccc1OC(F)F. The topological polar surface area (TPSA) is 85.9 Å². The standard InChI is InChI=1S/C22H26F2N2O5/c1-22(2,3)31-21(28)26-16-8-6-15(7-9-16)19(27)25-12-11-14-5-10-17(30-20(23)24)18(13-14)29-4/h5-10,13,20H,11-12H2,1-4H3,(H,25,27)(H,26,28). The molecule has 0 spiro atoms. The molecule has 2 amide bonds. The van der Waals surface area contributed by atoms with E-state index >= 15 is 0 Å². The van der Waals surface area contributed by atoms with Crippen LogP contribution in [0, 0.1) is 0 Å². The van der Waals surface area contributed by atoms with E-state index in [-0.39, 0.29) is 17.4 Å². The lowest BCUT2D eigenvalue weighted by atomic mass is 10.1. The number of methoxy groups -OCH3 is 1. The highest BCUT2D eigenvalue weighted by Gasteiger charge is 2.16. The first kappa shape index (κ1) is 23.9. The number of hydrogen-bond donors (Lipinski definition) is 2. The lowest BCUT2D eigenvalue weighted by Crippen LogP contribution is -2.27. The Morgan fingerprint density at radius 3 is 2.29 bits per heavy atom. The van der Waals surface area contributed by atoms with Gasteiger partial charge in [-0.2, -0.15) is 8.78 Å². The van der Waals surface area contributed by atoms with Crippen LogP contribution < -0.4 is 20.1 Å². The van der Waals surface area contributed by atoms with Crippen LogP contribution in [-0.4, -0.2) is 37.9 Å². The fraction of sp³-hybridized carbons (Fsp3) is 0.364. The van der Waals surface area contributed by atoms with Gasteiger partial charge in [0.15, 0.2) is 11.5 Å². The van der Waals surface area contributed by atoms with Crippen molar-refractivity contribution in [2.75, 3.05) is 19.0 Å². The number of carbonyl (C=O) groups excluding carboxylic acids is 2. The molecule has 0 aliphatic heterocycles. The first-order chi connectivity index (χ1) is 14.6. The molecule has 0 unspecified atom stereocenters. The summed E-state index contributed by atoms with van der Waals surface area (Å²) in [5.41, 5.74) is 1.11. The van der Waals surface area contributed by atoms with Crippen molar-refractivity contribution < 1.29 is 32.6 Å². The van der Waals surface area contributed by atoms with Gasteiger partial charge in [-0.15, -0.1) is 0 Å². The minimum Gasteiger partial charge on any atom is -0.493 e. The van der Waals surface area contributed by atoms with E-state index in [1.165, 1.54) is 13.2 Å². The number of benzene rings is 2. The van der Waals surface area contributed by atoms with Crippen molar-refractivity contribution in [3.63, 3.8) is 0 Å². The Kier molecular flexibility index (Phi) is 8.18. The number of anilines is 1. The van der Waals surface area contributed by atoms with E-state index in [2.05, 4.69) is 15.4 Å². The second kappa shape index (κ2) is 10.6. The fourth-order valence-electron chi connectivity index (χ4n) is 2.61. The predicted molar refractivity (Wildman–Crippen MR) is 112 cm³/mol. The molecule has 0 aliphatic carbocycles. The number of ether oxygens (including phenoxy) is 3. The summed E-state index contributed by atoms with van der Waals surface area (Å²) < 4.78 is 39.4. The maximum atomic E-state index is 12.4. The average molecular weight is 436 g/mol. The van der Waals surface area contributed by atoms with Gasteiger partial charge in [-0.1, -0.05) is 6.07 Å². The summed E-state index contributed by atoms with van der Waals surface area (Å²) in [4.78, 5) is 24.1. The number of amides is 2. The maximum absolute atomic E-state index is 12.4. The predicted octanol–water partition coefficient (Wildman–Crippen LogP) is 4.62. The molecule has 0 radical (unpaired) electrons. The van der Waals surface area contributed by atoms with Crippen LogP contribution in [0.1, 0.15) is 36.7 Å². The smallest absolute Gasteiger partial charge is 0.412 e. The third-order valence-corrected chi connectivity index (χ3v) is 3.94. The highest BCUT2D eigenvalue weighted by atomic mass is 19.3. The molecule has 0 atom stereocenters. The summed E-state index contributed by atoms with van der Waals surface area (Å²) in [5.74, 6) is -0.143. The highest BCUT2D eigenvalue weighted by molar-refractivity contribution is 5.95. The monoisotopic (exact) mass is 436 g/mol. The number of hydrogen-bond acceptors (Lipinski definition) is 5. The van der Waals surface area contributed by atoms with Crippen molar-refractivity contribution in [1.29, 1.82) is 0 Å². The first-order valence-corrected chi connectivity index (χ1v) is 9.57. The van der Waals surface area contributed by atoms with Gasteiger partial charge < -0.3 is 19.5 Å². The molecule has 2 N–H and O–H groups in total. The van der Waals surface area contributed by atoms with Gasteiger partial charge in [0.25, 0.3) is 5.91 Å². The summed E-state index contributed by atoms with van der Waals surface area (Å²) in [5, 5.41) is 5.37. The summed E-state index contributed by atoms with van der Waals surface area (Å²) in [6, 6.07) is 11.0. The number of halogens is 2. The van der Waals surface area contributed by atoms with Gasteiger partial charge in [0.2, 0.25) is 0 Å². The van der Waals surface area contributed by atoms with Gasteiger partial charge in [0, 0.05) is 17.8 Å². The Morgan fingerprint density at radius 2 is 1.71 bits per heavy atom. The van der Waals surface area contributed by atoms with E-state index in [0.29, 0.717) is 24.2 Å². The van der Waals surface area contributed by atoms with E-state index < -0.39 is 18.3 Å². The maximum Gasteiger partial charge on any atom is 0.412 e. The number of rotatable bonds is 8. The second-order valence-corrected chi connectivity index (χ2v) is 7.57. The van der Waals surface area contributed by atoms with Crippen molar-refractivity contribution in [2.24, 2.45) is 0 Å². The van der Waals surface area contributed by atoms with Crippen LogP contribution in [0.3, 0.4) is 0 Å². The Hall–Kier alpha value is -3.36. The van der Waals surface area contributed by atoms with Gasteiger partial charge in [0.05, 0.1) is 7.11 Å². The van der Waals surface area contributed by atoms with Gasteiger partial charge in [-0.05, 0) is 69.2 Å². The highest BCUT2D eigenvalue weighted by Crippen LogP contribution is 2.29. The summed E-state index contributed by atoms with van der Waals surface area (Å²) in [7, 11) is 1.36. The zero-order valence-corrected chi connectivity index (χ0v) is 17.8. The van der Waals surface area contributed by atoms with Crippen molar-refractivity contribution in [1.82, 2.24) is 5.32 Å². The van der Waals surface area contributed by atoms with Gasteiger partial charge in [-0.25, -0.2) is 4.79 Å². The van der Waals surface area contributed by atoms with Crippen LogP contribution in [0.5, 0.6) is 11.5 Å². The Morgan fingerprint density at radius 1 is 1.03 bits per heavy atom. The second-order valence-electron chi connectivity index (χ2n) is 7.57. The molecular formula is C22H26F2N2O5. The lowest BCUT2D eigenvalue weighted by molar-refractivity contribution is -0.0512. The number of nitrogens with one attached hydrogen (secondary N) is 2. The molecule has 2 aromatic carbocycles. The summed E-state index contributed by atoms with van der Waals surface area (Å²) in [6.45, 7) is 2.68. The van der Waals surface area contributed by atoms with E-state index in [1.54, 1.807) is 57.2 Å². The Labute approximate surface area is 179 Å². The zero-order valence-electron chi connectivity index (χ0n) is 17.8. The van der Waals surface area contributed by atoms with Crippen molar-refractivity contribution in [2.45, 2.75) is 39.4 Å². The molecule has 2 aromatic rings. The van der Waals surface area contributed by atoms with E-state index in [1.807, 2.05) is 0 Å². The van der Waals surface area contributed by atoms with Crippen LogP contribution in [0.2, 0.25) is 0 Å². The molecule has 2 rings (SSSR count). The van der Waals surface area contributed by atoms with E-state index in [9.17, 15) is 18.4 Å². The molecule has 7 nitrogen and oxygen atoms in total. The third-order valence-electron chi connectivity index (χ3n) is 3.94. The van der Waals surface area contributed by atoms with E-state index in [0.717, 1.165) is 5.56 Å². The molecular weight excluding hydrogens is 410 g/mol. The van der Waals surface area contributed by atoms with Crippen LogP contribution in [0.4, 0.5) is 19.3 Å². The van der Waals surface area contributed by atoms with Crippen molar-refractivity contribution >= 4 is 17.7 Å². The van der Waals surface area contributed by atoms with Crippen LogP contribution >= 0.6 is 0 Å². The Bertz CT molecular complexity index is 896. The fourth-order valence-corrected chi connectivity index (χ4v) is 2.61. The van der Waals surface area contributed by atoms with Crippen LogP contribution in [0.15, 0.2) is 42.5 Å². The van der Waals surface area contributed by atoms with Gasteiger partial charge in [-0.3, -0.25) is 10.1 Å². The minimum atomic E-state index is -2.94. The molecule has 0 heterocycles. The van der Waals surface area contributed by atoms with Gasteiger partial charge >= 0.3 is 12.7 Å². The Balaban J connectivity index is 1.87. The molecule has 31 heavy (non-hydrogen) atoms. The number of carbonyl (C=O) groups is 2. The quantitative estimate of drug-likeness (QED) is 0.631. The number of alkyl halides is 2. The lowest BCUT2D eigenvalue weighted by Gasteiger charge is -2.19. The molecule has 0 aliphatic rings. The van der Waals surface area contributed by atoms with Gasteiger partial charge in [0.1, 0.15) is 5.60 Å². The molecule has 168 valence electrons. The molecule has 0 fully saturated rings. The first-order valence-electron chi connectivity index (χ1n) is 9.57.